The van der Waals surface area contributed by atoms with Crippen LogP contribution in [0.3, 0.4) is 0 Å². The summed E-state index contributed by atoms with van der Waals surface area (Å²) in [7, 11) is 0. The Morgan fingerprint density at radius 1 is 1.29 bits per heavy atom. The van der Waals surface area contributed by atoms with E-state index in [-0.39, 0.29) is 21.7 Å². The van der Waals surface area contributed by atoms with Gasteiger partial charge in [-0.15, -0.1) is 0 Å². The molecular weight excluding hydrogens is 254 g/mol. The average molecular weight is 261 g/mol. The lowest BCUT2D eigenvalue weighted by atomic mass is 10.1. The first-order valence-corrected chi connectivity index (χ1v) is 5.07. The summed E-state index contributed by atoms with van der Waals surface area (Å²) in [5.41, 5.74) is -0.131. The van der Waals surface area contributed by atoms with Gasteiger partial charge in [0.05, 0.1) is 10.0 Å². The maximum Gasteiger partial charge on any atom is 0.168 e. The van der Waals surface area contributed by atoms with Crippen LogP contribution in [0.2, 0.25) is 0 Å². The van der Waals surface area contributed by atoms with Crippen LogP contribution in [0.5, 0.6) is 0 Å². The van der Waals surface area contributed by atoms with E-state index in [1.165, 1.54) is 0 Å². The first kappa shape index (κ1) is 9.77. The SMILES string of the molecule is O=C(c1cc(F)c(Br)cc1F)C1CC1. The molecule has 0 aliphatic heterocycles. The molecule has 0 N–H and O–H groups in total. The van der Waals surface area contributed by atoms with E-state index < -0.39 is 11.6 Å². The van der Waals surface area contributed by atoms with Gasteiger partial charge in [0.2, 0.25) is 0 Å². The van der Waals surface area contributed by atoms with E-state index in [4.69, 9.17) is 0 Å². The van der Waals surface area contributed by atoms with Crippen molar-refractivity contribution in [3.63, 3.8) is 0 Å². The number of benzene rings is 1. The number of rotatable bonds is 2. The van der Waals surface area contributed by atoms with E-state index in [0.29, 0.717) is 0 Å². The molecule has 1 saturated carbocycles. The minimum atomic E-state index is -0.657. The predicted octanol–water partition coefficient (Wildman–Crippen LogP) is 3.32. The number of hydrogen-bond acceptors (Lipinski definition) is 1. The van der Waals surface area contributed by atoms with Crippen LogP contribution in [0.1, 0.15) is 23.2 Å². The molecule has 0 amide bonds. The Balaban J connectivity index is 2.41. The Hall–Kier alpha value is -0.770. The van der Waals surface area contributed by atoms with Crippen LogP contribution in [-0.4, -0.2) is 5.78 Å². The van der Waals surface area contributed by atoms with Gasteiger partial charge in [-0.05, 0) is 40.9 Å². The predicted molar refractivity (Wildman–Crippen MR) is 51.1 cm³/mol. The minimum Gasteiger partial charge on any atom is -0.294 e. The Morgan fingerprint density at radius 3 is 2.50 bits per heavy atom. The molecule has 0 aromatic heterocycles. The molecular formula is C10H7BrF2O. The van der Waals surface area contributed by atoms with Crippen LogP contribution < -0.4 is 0 Å². The summed E-state index contributed by atoms with van der Waals surface area (Å²) < 4.78 is 26.3. The molecule has 1 aliphatic carbocycles. The van der Waals surface area contributed by atoms with Crippen molar-refractivity contribution in [1.82, 2.24) is 0 Å². The summed E-state index contributed by atoms with van der Waals surface area (Å²) in [6, 6.07) is 1.95. The van der Waals surface area contributed by atoms with E-state index in [1.807, 2.05) is 0 Å². The van der Waals surface area contributed by atoms with Crippen molar-refractivity contribution < 1.29 is 13.6 Å². The van der Waals surface area contributed by atoms with E-state index in [9.17, 15) is 13.6 Å². The average Bonchev–Trinajstić information content (AvgIpc) is 2.93. The highest BCUT2D eigenvalue weighted by Crippen LogP contribution is 2.34. The van der Waals surface area contributed by atoms with Crippen molar-refractivity contribution in [3.05, 3.63) is 33.8 Å². The molecule has 0 heterocycles. The minimum absolute atomic E-state index is 0.0438. The van der Waals surface area contributed by atoms with Crippen molar-refractivity contribution in [2.75, 3.05) is 0 Å². The van der Waals surface area contributed by atoms with Crippen LogP contribution in [-0.2, 0) is 0 Å². The molecule has 74 valence electrons. The summed E-state index contributed by atoms with van der Waals surface area (Å²) in [5.74, 6) is -1.63. The lowest BCUT2D eigenvalue weighted by Gasteiger charge is -2.02. The van der Waals surface area contributed by atoms with Crippen LogP contribution in [0.15, 0.2) is 16.6 Å². The van der Waals surface area contributed by atoms with Crippen LogP contribution in [0.25, 0.3) is 0 Å². The van der Waals surface area contributed by atoms with Crippen LogP contribution >= 0.6 is 15.9 Å². The summed E-state index contributed by atoms with van der Waals surface area (Å²) in [5, 5.41) is 0. The highest BCUT2D eigenvalue weighted by atomic mass is 79.9. The second kappa shape index (κ2) is 3.42. The summed E-state index contributed by atoms with van der Waals surface area (Å²) in [6.07, 6.45) is 1.58. The highest BCUT2D eigenvalue weighted by Gasteiger charge is 2.32. The molecule has 0 saturated heterocycles. The fourth-order valence-electron chi connectivity index (χ4n) is 1.28. The topological polar surface area (TPSA) is 17.1 Å². The number of Topliss-reactive ketones (excluding diaryl/α,β-unsaturated/α-hetero) is 1. The largest absolute Gasteiger partial charge is 0.294 e. The van der Waals surface area contributed by atoms with Gasteiger partial charge < -0.3 is 0 Å². The fourth-order valence-corrected chi connectivity index (χ4v) is 1.59. The van der Waals surface area contributed by atoms with E-state index >= 15 is 0 Å². The first-order valence-electron chi connectivity index (χ1n) is 4.28. The molecule has 1 aromatic carbocycles. The van der Waals surface area contributed by atoms with E-state index in [1.54, 1.807) is 0 Å². The van der Waals surface area contributed by atoms with Crippen LogP contribution in [0.4, 0.5) is 8.78 Å². The molecule has 0 spiro atoms. The Labute approximate surface area is 88.2 Å². The van der Waals surface area contributed by atoms with Gasteiger partial charge in [0, 0.05) is 5.92 Å². The molecule has 1 fully saturated rings. The van der Waals surface area contributed by atoms with Gasteiger partial charge >= 0.3 is 0 Å². The second-order valence-electron chi connectivity index (χ2n) is 3.38. The fraction of sp³-hybridized carbons (Fsp3) is 0.300. The van der Waals surface area contributed by atoms with Gasteiger partial charge in [0.15, 0.2) is 5.78 Å². The summed E-state index contributed by atoms with van der Waals surface area (Å²) >= 11 is 2.86. The van der Waals surface area contributed by atoms with Crippen molar-refractivity contribution in [3.8, 4) is 0 Å². The van der Waals surface area contributed by atoms with E-state index in [2.05, 4.69) is 15.9 Å². The molecule has 0 unspecified atom stereocenters. The van der Waals surface area contributed by atoms with Gasteiger partial charge in [-0.1, -0.05) is 0 Å². The number of carbonyl (C=O) groups excluding carboxylic acids is 1. The zero-order valence-electron chi connectivity index (χ0n) is 7.19. The number of halogens is 3. The molecule has 1 aliphatic rings. The normalized spacial score (nSPS) is 15.6. The molecule has 0 bridgehead atoms. The number of carbonyl (C=O) groups is 1. The summed E-state index contributed by atoms with van der Waals surface area (Å²) in [6.45, 7) is 0. The molecule has 1 nitrogen and oxygen atoms in total. The Morgan fingerprint density at radius 2 is 1.93 bits per heavy atom. The smallest absolute Gasteiger partial charge is 0.168 e. The molecule has 2 rings (SSSR count). The van der Waals surface area contributed by atoms with Crippen molar-refractivity contribution in [2.24, 2.45) is 5.92 Å². The van der Waals surface area contributed by atoms with Gasteiger partial charge in [0.25, 0.3) is 0 Å². The number of ketones is 1. The third-order valence-corrected chi connectivity index (χ3v) is 2.83. The van der Waals surface area contributed by atoms with Crippen molar-refractivity contribution >= 4 is 21.7 Å². The summed E-state index contributed by atoms with van der Waals surface area (Å²) in [4.78, 5) is 11.5. The van der Waals surface area contributed by atoms with Gasteiger partial charge in [0.1, 0.15) is 11.6 Å². The Kier molecular flexibility index (Phi) is 2.39. The monoisotopic (exact) mass is 260 g/mol. The Bertz CT molecular complexity index is 399. The van der Waals surface area contributed by atoms with Gasteiger partial charge in [-0.25, -0.2) is 8.78 Å². The maximum absolute atomic E-state index is 13.3. The first-order chi connectivity index (χ1) is 6.59. The van der Waals surface area contributed by atoms with Crippen molar-refractivity contribution in [2.45, 2.75) is 12.8 Å². The zero-order chi connectivity index (χ0) is 10.3. The van der Waals surface area contributed by atoms with Crippen LogP contribution in [0, 0.1) is 17.6 Å². The van der Waals surface area contributed by atoms with Crippen molar-refractivity contribution in [1.29, 1.82) is 0 Å². The lowest BCUT2D eigenvalue weighted by Crippen LogP contribution is -2.05. The molecule has 14 heavy (non-hydrogen) atoms. The van der Waals surface area contributed by atoms with Gasteiger partial charge in [-0.2, -0.15) is 0 Å². The van der Waals surface area contributed by atoms with E-state index in [0.717, 1.165) is 25.0 Å². The molecule has 1 aromatic rings. The quantitative estimate of drug-likeness (QED) is 0.589. The lowest BCUT2D eigenvalue weighted by molar-refractivity contribution is 0.0963. The highest BCUT2D eigenvalue weighted by molar-refractivity contribution is 9.10. The third kappa shape index (κ3) is 1.71. The second-order valence-corrected chi connectivity index (χ2v) is 4.24. The van der Waals surface area contributed by atoms with Gasteiger partial charge in [-0.3, -0.25) is 4.79 Å². The number of hydrogen-bond donors (Lipinski definition) is 0. The molecule has 0 atom stereocenters. The molecule has 0 radical (unpaired) electrons. The standard InChI is InChI=1S/C10H7BrF2O/c11-7-4-8(12)6(3-9(7)13)10(14)5-1-2-5/h3-5H,1-2H2. The molecule has 4 heteroatoms. The maximum atomic E-state index is 13.3. The zero-order valence-corrected chi connectivity index (χ0v) is 8.77. The third-order valence-electron chi connectivity index (χ3n) is 2.22.